The van der Waals surface area contributed by atoms with Gasteiger partial charge >= 0.3 is 6.09 Å². The van der Waals surface area contributed by atoms with Crippen LogP contribution in [0.25, 0.3) is 0 Å². The lowest BCUT2D eigenvalue weighted by molar-refractivity contribution is -0.127. The largest absolute Gasteiger partial charge is 0.444 e. The van der Waals surface area contributed by atoms with Crippen LogP contribution in [-0.2, 0) is 9.53 Å². The van der Waals surface area contributed by atoms with E-state index in [0.29, 0.717) is 25.2 Å². The third kappa shape index (κ3) is 3.28. The molecule has 1 amide bonds. The van der Waals surface area contributed by atoms with E-state index in [-0.39, 0.29) is 11.6 Å². The van der Waals surface area contributed by atoms with E-state index >= 15 is 0 Å². The van der Waals surface area contributed by atoms with Crippen LogP contribution in [0.5, 0.6) is 0 Å². The van der Waals surface area contributed by atoms with E-state index < -0.39 is 5.60 Å². The van der Waals surface area contributed by atoms with Gasteiger partial charge in [0, 0.05) is 19.4 Å². The summed E-state index contributed by atoms with van der Waals surface area (Å²) < 4.78 is 5.52. The zero-order valence-electron chi connectivity index (χ0n) is 12.3. The summed E-state index contributed by atoms with van der Waals surface area (Å²) in [6.07, 6.45) is 6.04. The number of hydrogen-bond acceptors (Lipinski definition) is 3. The molecule has 0 N–H and O–H groups in total. The number of nitrogens with zero attached hydrogens (tertiary/aromatic N) is 1. The van der Waals surface area contributed by atoms with E-state index in [1.54, 1.807) is 0 Å². The minimum Gasteiger partial charge on any atom is -0.444 e. The van der Waals surface area contributed by atoms with Gasteiger partial charge in [0.1, 0.15) is 11.4 Å². The van der Waals surface area contributed by atoms with Crippen LogP contribution >= 0.6 is 0 Å². The number of Topliss-reactive ketones (excluding diaryl/α,β-unsaturated/α-hetero) is 1. The molecule has 0 bridgehead atoms. The van der Waals surface area contributed by atoms with E-state index in [1.807, 2.05) is 25.7 Å². The van der Waals surface area contributed by atoms with Gasteiger partial charge in [0.15, 0.2) is 0 Å². The standard InChI is InChI=1S/C15H25NO3/c1-14(2,3)19-13(18)16-10-7-12(17)11-15(16)8-5-4-6-9-15/h4-11H2,1-3H3. The lowest BCUT2D eigenvalue weighted by atomic mass is 9.74. The van der Waals surface area contributed by atoms with Gasteiger partial charge in [0.2, 0.25) is 0 Å². The molecule has 1 saturated carbocycles. The van der Waals surface area contributed by atoms with Crippen molar-refractivity contribution in [2.75, 3.05) is 6.54 Å². The molecule has 0 radical (unpaired) electrons. The molecule has 2 fully saturated rings. The number of carbonyl (C=O) groups is 2. The van der Waals surface area contributed by atoms with Crippen LogP contribution < -0.4 is 0 Å². The second kappa shape index (κ2) is 5.14. The number of hydrogen-bond donors (Lipinski definition) is 0. The van der Waals surface area contributed by atoms with Crippen molar-refractivity contribution in [2.24, 2.45) is 0 Å². The molecule has 4 nitrogen and oxygen atoms in total. The van der Waals surface area contributed by atoms with E-state index in [0.717, 1.165) is 25.7 Å². The van der Waals surface area contributed by atoms with Crippen LogP contribution in [-0.4, -0.2) is 34.5 Å². The normalized spacial score (nSPS) is 23.5. The van der Waals surface area contributed by atoms with Gasteiger partial charge in [-0.3, -0.25) is 4.79 Å². The first kappa shape index (κ1) is 14.4. The van der Waals surface area contributed by atoms with Crippen molar-refractivity contribution in [2.45, 2.75) is 76.9 Å². The second-order valence-corrected chi connectivity index (χ2v) is 6.88. The summed E-state index contributed by atoms with van der Waals surface area (Å²) in [5.74, 6) is 0.293. The lowest BCUT2D eigenvalue weighted by Gasteiger charge is -2.48. The molecular formula is C15H25NO3. The quantitative estimate of drug-likeness (QED) is 0.676. The fourth-order valence-corrected chi connectivity index (χ4v) is 3.28. The monoisotopic (exact) mass is 267 g/mol. The Morgan fingerprint density at radius 3 is 2.42 bits per heavy atom. The first-order valence-electron chi connectivity index (χ1n) is 7.35. The minimum absolute atomic E-state index is 0.248. The van der Waals surface area contributed by atoms with Crippen LogP contribution in [0.4, 0.5) is 4.79 Å². The summed E-state index contributed by atoms with van der Waals surface area (Å²) in [5.41, 5.74) is -0.732. The van der Waals surface area contributed by atoms with E-state index in [1.165, 1.54) is 6.42 Å². The Morgan fingerprint density at radius 1 is 1.21 bits per heavy atom. The van der Waals surface area contributed by atoms with Gasteiger partial charge in [0.25, 0.3) is 0 Å². The summed E-state index contributed by atoms with van der Waals surface area (Å²) in [6, 6.07) is 0. The van der Waals surface area contributed by atoms with Crippen LogP contribution in [0, 0.1) is 0 Å². The second-order valence-electron chi connectivity index (χ2n) is 6.88. The van der Waals surface area contributed by atoms with Crippen molar-refractivity contribution in [3.8, 4) is 0 Å². The number of piperidine rings is 1. The molecule has 0 aromatic rings. The number of ketones is 1. The van der Waals surface area contributed by atoms with Crippen molar-refractivity contribution in [3.05, 3.63) is 0 Å². The molecule has 0 atom stereocenters. The zero-order chi connectivity index (χ0) is 14.1. The molecule has 1 aliphatic heterocycles. The van der Waals surface area contributed by atoms with Crippen LogP contribution in [0.3, 0.4) is 0 Å². The predicted molar refractivity (Wildman–Crippen MR) is 73.0 cm³/mol. The van der Waals surface area contributed by atoms with Crippen LogP contribution in [0.2, 0.25) is 0 Å². The topological polar surface area (TPSA) is 46.6 Å². The molecule has 108 valence electrons. The summed E-state index contributed by atoms with van der Waals surface area (Å²) >= 11 is 0. The molecule has 1 saturated heterocycles. The highest BCUT2D eigenvalue weighted by Gasteiger charge is 2.46. The maximum Gasteiger partial charge on any atom is 0.410 e. The Bertz CT molecular complexity index is 364. The van der Waals surface area contributed by atoms with Gasteiger partial charge in [-0.25, -0.2) is 4.79 Å². The molecule has 0 aromatic carbocycles. The third-order valence-corrected chi connectivity index (χ3v) is 4.11. The van der Waals surface area contributed by atoms with Crippen molar-refractivity contribution >= 4 is 11.9 Å². The van der Waals surface area contributed by atoms with Crippen LogP contribution in [0.1, 0.15) is 65.7 Å². The van der Waals surface area contributed by atoms with Gasteiger partial charge in [-0.05, 0) is 33.6 Å². The van der Waals surface area contributed by atoms with Gasteiger partial charge in [-0.2, -0.15) is 0 Å². The highest BCUT2D eigenvalue weighted by molar-refractivity contribution is 5.83. The number of amides is 1. The molecule has 2 rings (SSSR count). The number of likely N-dealkylation sites (tertiary alicyclic amines) is 1. The highest BCUT2D eigenvalue weighted by atomic mass is 16.6. The summed E-state index contributed by atoms with van der Waals surface area (Å²) in [5, 5.41) is 0. The maximum atomic E-state index is 12.4. The van der Waals surface area contributed by atoms with Crippen molar-refractivity contribution < 1.29 is 14.3 Å². The lowest BCUT2D eigenvalue weighted by Crippen LogP contribution is -2.58. The molecule has 0 aromatic heterocycles. The Hall–Kier alpha value is -1.06. The highest BCUT2D eigenvalue weighted by Crippen LogP contribution is 2.40. The Labute approximate surface area is 115 Å². The first-order chi connectivity index (χ1) is 8.82. The molecule has 19 heavy (non-hydrogen) atoms. The zero-order valence-corrected chi connectivity index (χ0v) is 12.3. The number of carbonyl (C=O) groups excluding carboxylic acids is 2. The van der Waals surface area contributed by atoms with E-state index in [4.69, 9.17) is 4.74 Å². The average Bonchev–Trinajstić information content (AvgIpc) is 2.27. The van der Waals surface area contributed by atoms with Gasteiger partial charge in [-0.1, -0.05) is 19.3 Å². The summed E-state index contributed by atoms with van der Waals surface area (Å²) in [6.45, 7) is 6.17. The Balaban J connectivity index is 2.16. The molecule has 1 heterocycles. The Kier molecular flexibility index (Phi) is 3.88. The van der Waals surface area contributed by atoms with Gasteiger partial charge in [0.05, 0.1) is 5.54 Å². The minimum atomic E-state index is -0.478. The van der Waals surface area contributed by atoms with Crippen molar-refractivity contribution in [3.63, 3.8) is 0 Å². The van der Waals surface area contributed by atoms with Crippen LogP contribution in [0.15, 0.2) is 0 Å². The molecule has 4 heteroatoms. The summed E-state index contributed by atoms with van der Waals surface area (Å²) in [7, 11) is 0. The van der Waals surface area contributed by atoms with Gasteiger partial charge < -0.3 is 9.64 Å². The number of ether oxygens (including phenoxy) is 1. The van der Waals surface area contributed by atoms with Crippen molar-refractivity contribution in [1.82, 2.24) is 4.90 Å². The third-order valence-electron chi connectivity index (χ3n) is 4.11. The molecule has 2 aliphatic rings. The SMILES string of the molecule is CC(C)(C)OC(=O)N1CCC(=O)CC12CCCCC2. The van der Waals surface area contributed by atoms with E-state index in [2.05, 4.69) is 0 Å². The fourth-order valence-electron chi connectivity index (χ4n) is 3.28. The molecule has 1 spiro atoms. The smallest absolute Gasteiger partial charge is 0.410 e. The number of rotatable bonds is 0. The fraction of sp³-hybridized carbons (Fsp3) is 0.867. The summed E-state index contributed by atoms with van der Waals surface area (Å²) in [4.78, 5) is 26.0. The van der Waals surface area contributed by atoms with Crippen molar-refractivity contribution in [1.29, 1.82) is 0 Å². The Morgan fingerprint density at radius 2 is 1.84 bits per heavy atom. The molecule has 0 unspecified atom stereocenters. The van der Waals surface area contributed by atoms with Gasteiger partial charge in [-0.15, -0.1) is 0 Å². The maximum absolute atomic E-state index is 12.4. The predicted octanol–water partition coefficient (Wildman–Crippen LogP) is 3.29. The molecular weight excluding hydrogens is 242 g/mol. The average molecular weight is 267 g/mol. The van der Waals surface area contributed by atoms with E-state index in [9.17, 15) is 9.59 Å². The molecule has 1 aliphatic carbocycles. The first-order valence-corrected chi connectivity index (χ1v) is 7.35.